The summed E-state index contributed by atoms with van der Waals surface area (Å²) in [5, 5.41) is 0. The quantitative estimate of drug-likeness (QED) is 0.0218. The molecule has 6 heteroatoms. The van der Waals surface area contributed by atoms with Gasteiger partial charge in [-0.3, -0.25) is 0 Å². The van der Waals surface area contributed by atoms with Crippen LogP contribution in [-0.4, -0.2) is 56.8 Å². The third kappa shape index (κ3) is 38.8. The van der Waals surface area contributed by atoms with E-state index in [9.17, 15) is 9.59 Å². The topological polar surface area (TPSA) is 52.6 Å². The Balaban J connectivity index is 0. The predicted octanol–water partition coefficient (Wildman–Crippen LogP) is 8.78. The van der Waals surface area contributed by atoms with Crippen molar-refractivity contribution in [1.82, 2.24) is 0 Å². The van der Waals surface area contributed by atoms with Gasteiger partial charge in [0.2, 0.25) is 0 Å². The van der Waals surface area contributed by atoms with Crippen LogP contribution < -0.4 is 17.0 Å². The highest BCUT2D eigenvalue weighted by Gasteiger charge is 2.16. The van der Waals surface area contributed by atoms with E-state index in [1.165, 1.54) is 153 Å². The number of hydrogen-bond donors (Lipinski definition) is 0. The Kier molecular flexibility index (Phi) is 38.5. The highest BCUT2D eigenvalue weighted by atomic mass is 79.9. The maximum Gasteiger partial charge on any atom is 0.330 e. The van der Waals surface area contributed by atoms with E-state index in [1.807, 2.05) is 26.2 Å². The Morgan fingerprint density at radius 1 is 0.458 bits per heavy atom. The molecule has 0 spiro atoms. The second-order valence-corrected chi connectivity index (χ2v) is 13.9. The Morgan fingerprint density at radius 3 is 1.06 bits per heavy atom. The molecule has 0 fully saturated rings. The number of likely N-dealkylation sites (N-methyl/N-ethyl adjacent to an activating group) is 1. The molecular formula is C42H76BrNO4. The molecule has 0 aliphatic rings. The van der Waals surface area contributed by atoms with Gasteiger partial charge in [-0.15, -0.1) is 0 Å². The van der Waals surface area contributed by atoms with E-state index < -0.39 is 0 Å². The van der Waals surface area contributed by atoms with Crippen molar-refractivity contribution in [1.29, 1.82) is 0 Å². The summed E-state index contributed by atoms with van der Waals surface area (Å²) >= 11 is 0. The third-order valence-electron chi connectivity index (χ3n) is 8.79. The lowest BCUT2D eigenvalue weighted by Crippen LogP contribution is -3.00. The molecule has 0 aromatic rings. The molecule has 0 bridgehead atoms. The molecule has 0 radical (unpaired) electrons. The van der Waals surface area contributed by atoms with E-state index in [0.29, 0.717) is 30.8 Å². The van der Waals surface area contributed by atoms with Gasteiger partial charge in [0.05, 0.1) is 14.1 Å². The fourth-order valence-corrected chi connectivity index (χ4v) is 5.47. The number of ether oxygens (including phenoxy) is 2. The maximum atomic E-state index is 12.0. The van der Waals surface area contributed by atoms with Crippen LogP contribution in [0.2, 0.25) is 0 Å². The molecule has 0 aromatic heterocycles. The van der Waals surface area contributed by atoms with E-state index in [4.69, 9.17) is 9.47 Å². The van der Waals surface area contributed by atoms with Gasteiger partial charge in [-0.05, 0) is 25.7 Å². The van der Waals surface area contributed by atoms with Crippen molar-refractivity contribution in [2.75, 3.05) is 40.4 Å². The first-order valence-corrected chi connectivity index (χ1v) is 19.7. The molecule has 0 aliphatic carbocycles. The van der Waals surface area contributed by atoms with Crippen LogP contribution in [0.1, 0.15) is 168 Å². The highest BCUT2D eigenvalue weighted by molar-refractivity contribution is 5.82. The van der Waals surface area contributed by atoms with E-state index in [0.717, 1.165) is 12.8 Å². The lowest BCUT2D eigenvalue weighted by atomic mass is 10.1. The molecule has 48 heavy (non-hydrogen) atoms. The van der Waals surface area contributed by atoms with Crippen molar-refractivity contribution < 1.29 is 40.5 Å². The molecule has 0 unspecified atom stereocenters. The summed E-state index contributed by atoms with van der Waals surface area (Å²) in [4.78, 5) is 24.0. The van der Waals surface area contributed by atoms with Crippen LogP contribution in [0.3, 0.4) is 0 Å². The highest BCUT2D eigenvalue weighted by Crippen LogP contribution is 2.13. The van der Waals surface area contributed by atoms with Crippen molar-refractivity contribution in [2.24, 2.45) is 0 Å². The minimum Gasteiger partial charge on any atom is -1.00 e. The average Bonchev–Trinajstić information content (AvgIpc) is 3.04. The molecule has 280 valence electrons. The van der Waals surface area contributed by atoms with Crippen molar-refractivity contribution in [3.05, 3.63) is 48.6 Å². The fraction of sp³-hybridized carbons (Fsp3) is 0.762. The van der Waals surface area contributed by atoms with Gasteiger partial charge in [0, 0.05) is 12.2 Å². The number of allylic oxidation sites excluding steroid dienone is 6. The normalized spacial score (nSPS) is 12.1. The molecular weight excluding hydrogens is 662 g/mol. The van der Waals surface area contributed by atoms with E-state index in [1.54, 1.807) is 12.2 Å². The minimum atomic E-state index is -0.322. The maximum absolute atomic E-state index is 12.0. The van der Waals surface area contributed by atoms with Gasteiger partial charge in [0.25, 0.3) is 0 Å². The summed E-state index contributed by atoms with van der Waals surface area (Å²) < 4.78 is 11.3. The molecule has 0 saturated carbocycles. The largest absolute Gasteiger partial charge is 1.00 e. The molecule has 0 amide bonds. The lowest BCUT2D eigenvalue weighted by Gasteiger charge is -2.28. The van der Waals surface area contributed by atoms with E-state index in [-0.39, 0.29) is 28.9 Å². The SMILES string of the molecule is CCCCCCCCCCCCCC=CC=CC(=O)OCC[N+](C)(C)CCOC(=O)C=CC=CCCCCCCCCCCCCC.[Br-]. The second kappa shape index (κ2) is 38.1. The summed E-state index contributed by atoms with van der Waals surface area (Å²) in [6, 6.07) is 0. The van der Waals surface area contributed by atoms with Gasteiger partial charge < -0.3 is 30.9 Å². The van der Waals surface area contributed by atoms with Gasteiger partial charge in [0.1, 0.15) is 26.3 Å². The molecule has 0 heterocycles. The van der Waals surface area contributed by atoms with Crippen LogP contribution >= 0.6 is 0 Å². The van der Waals surface area contributed by atoms with Crippen LogP contribution in [0.15, 0.2) is 48.6 Å². The number of nitrogens with zero attached hydrogens (tertiary/aromatic N) is 1. The molecule has 0 aliphatic heterocycles. The number of unbranched alkanes of at least 4 members (excludes halogenated alkanes) is 22. The molecule has 0 saturated heterocycles. The summed E-state index contributed by atoms with van der Waals surface area (Å²) in [7, 11) is 4.09. The number of carbonyl (C=O) groups is 2. The van der Waals surface area contributed by atoms with Gasteiger partial charge in [0.15, 0.2) is 0 Å². The number of esters is 2. The van der Waals surface area contributed by atoms with Gasteiger partial charge in [-0.25, -0.2) is 9.59 Å². The molecule has 0 N–H and O–H groups in total. The van der Waals surface area contributed by atoms with Crippen molar-refractivity contribution in [3.8, 4) is 0 Å². The monoisotopic (exact) mass is 737 g/mol. The van der Waals surface area contributed by atoms with Crippen LogP contribution in [0.25, 0.3) is 0 Å². The summed E-state index contributed by atoms with van der Waals surface area (Å²) in [6.07, 6.45) is 46.5. The summed E-state index contributed by atoms with van der Waals surface area (Å²) in [5.74, 6) is -0.644. The molecule has 5 nitrogen and oxygen atoms in total. The minimum absolute atomic E-state index is 0. The molecule has 0 rings (SSSR count). The summed E-state index contributed by atoms with van der Waals surface area (Å²) in [6.45, 7) is 6.51. The predicted molar refractivity (Wildman–Crippen MR) is 202 cm³/mol. The zero-order valence-corrected chi connectivity index (χ0v) is 33.5. The Labute approximate surface area is 308 Å². The van der Waals surface area contributed by atoms with Crippen LogP contribution in [0.5, 0.6) is 0 Å². The third-order valence-corrected chi connectivity index (χ3v) is 8.79. The first-order chi connectivity index (χ1) is 22.9. The number of hydrogen-bond acceptors (Lipinski definition) is 4. The van der Waals surface area contributed by atoms with Crippen molar-refractivity contribution in [3.63, 3.8) is 0 Å². The van der Waals surface area contributed by atoms with Gasteiger partial charge in [-0.1, -0.05) is 179 Å². The van der Waals surface area contributed by atoms with Crippen molar-refractivity contribution in [2.45, 2.75) is 168 Å². The summed E-state index contributed by atoms with van der Waals surface area (Å²) in [5.41, 5.74) is 0. The van der Waals surface area contributed by atoms with E-state index in [2.05, 4.69) is 26.0 Å². The molecule has 0 aromatic carbocycles. The second-order valence-electron chi connectivity index (χ2n) is 13.9. The zero-order chi connectivity index (χ0) is 34.5. The van der Waals surface area contributed by atoms with Crippen molar-refractivity contribution >= 4 is 11.9 Å². The Bertz CT molecular complexity index is 767. The van der Waals surface area contributed by atoms with Crippen LogP contribution in [-0.2, 0) is 19.1 Å². The Hall–Kier alpha value is -1.66. The lowest BCUT2D eigenvalue weighted by molar-refractivity contribution is -0.890. The first-order valence-electron chi connectivity index (χ1n) is 19.7. The first kappa shape index (κ1) is 48.5. The van der Waals surface area contributed by atoms with Gasteiger partial charge >= 0.3 is 11.9 Å². The standard InChI is InChI=1S/C42H76NO4.BrH/c1-5-7-9-11-13-15-17-19-21-23-25-27-29-31-33-35-41(44)46-39-37-43(3,4)38-40-47-42(45)36-34-32-30-28-26-24-22-20-18-16-14-12-10-8-6-2;/h29-36H,5-28,37-40H2,1-4H3;1H/q+1;/p-1. The Morgan fingerprint density at radius 2 is 0.750 bits per heavy atom. The number of quaternary nitrogens is 1. The van der Waals surface area contributed by atoms with Gasteiger partial charge in [-0.2, -0.15) is 0 Å². The number of rotatable bonds is 34. The van der Waals surface area contributed by atoms with Crippen LogP contribution in [0, 0.1) is 0 Å². The fourth-order valence-electron chi connectivity index (χ4n) is 5.47. The molecule has 0 atom stereocenters. The smallest absolute Gasteiger partial charge is 0.330 e. The number of carbonyl (C=O) groups excluding carboxylic acids is 2. The van der Waals surface area contributed by atoms with E-state index >= 15 is 0 Å². The number of halogens is 1. The average molecular weight is 739 g/mol. The van der Waals surface area contributed by atoms with Crippen LogP contribution in [0.4, 0.5) is 0 Å². The zero-order valence-electron chi connectivity index (χ0n) is 31.9.